The Bertz CT molecular complexity index is 260. The van der Waals surface area contributed by atoms with Crippen LogP contribution in [0.15, 0.2) is 12.3 Å². The first-order chi connectivity index (χ1) is 7.10. The van der Waals surface area contributed by atoms with Crippen LogP contribution in [0.1, 0.15) is 13.8 Å². The van der Waals surface area contributed by atoms with Crippen LogP contribution in [0.2, 0.25) is 32.2 Å². The van der Waals surface area contributed by atoms with E-state index in [1.807, 2.05) is 0 Å². The standard InChI is InChI=1S/C10H26O2Si4/c1-8-16(12-14(4)5)11-10(2,3)9-15(6,7)13-16/h8,14H,1,9,13H2,2-7H3. The summed E-state index contributed by atoms with van der Waals surface area (Å²) in [5.41, 5.74) is 2.10. The molecule has 1 heterocycles. The average molecular weight is 291 g/mol. The van der Waals surface area contributed by atoms with Gasteiger partial charge < -0.3 is 8.54 Å². The molecule has 0 N–H and O–H groups in total. The van der Waals surface area contributed by atoms with Crippen molar-refractivity contribution in [2.24, 2.45) is 0 Å². The molecule has 0 spiro atoms. The van der Waals surface area contributed by atoms with Gasteiger partial charge >= 0.3 is 8.08 Å². The van der Waals surface area contributed by atoms with Crippen LogP contribution in [-0.4, -0.2) is 38.9 Å². The van der Waals surface area contributed by atoms with Gasteiger partial charge in [-0.3, -0.25) is 0 Å². The zero-order valence-electron chi connectivity index (χ0n) is 11.6. The van der Waals surface area contributed by atoms with Gasteiger partial charge in [0, 0.05) is 7.59 Å². The Morgan fingerprint density at radius 3 is 2.38 bits per heavy atom. The normalized spacial score (nSPS) is 34.2. The maximum Gasteiger partial charge on any atom is 0.321 e. The van der Waals surface area contributed by atoms with Crippen LogP contribution in [0.25, 0.3) is 0 Å². The number of hydrogen-bond donors (Lipinski definition) is 0. The Kier molecular flexibility index (Phi) is 4.25. The fourth-order valence-electron chi connectivity index (χ4n) is 3.05. The molecule has 0 aromatic heterocycles. The van der Waals surface area contributed by atoms with Crippen LogP contribution in [0.3, 0.4) is 0 Å². The second-order valence-corrected chi connectivity index (χ2v) is 29.8. The van der Waals surface area contributed by atoms with Crippen molar-refractivity contribution in [1.29, 1.82) is 0 Å². The van der Waals surface area contributed by atoms with Gasteiger partial charge in [0.05, 0.1) is 14.2 Å². The molecule has 0 bridgehead atoms. The lowest BCUT2D eigenvalue weighted by Gasteiger charge is -2.48. The summed E-state index contributed by atoms with van der Waals surface area (Å²) in [4.78, 5) is 0. The molecular formula is C10H26O2Si4. The molecule has 1 fully saturated rings. The van der Waals surface area contributed by atoms with Gasteiger partial charge in [-0.1, -0.05) is 18.8 Å². The molecule has 1 atom stereocenters. The predicted octanol–water partition coefficient (Wildman–Crippen LogP) is 1.83. The van der Waals surface area contributed by atoms with Gasteiger partial charge in [-0.25, -0.2) is 0 Å². The first-order valence-corrected chi connectivity index (χ1v) is 18.7. The van der Waals surface area contributed by atoms with E-state index in [-0.39, 0.29) is 14.2 Å². The van der Waals surface area contributed by atoms with E-state index >= 15 is 0 Å². The van der Waals surface area contributed by atoms with Gasteiger partial charge in [0.1, 0.15) is 0 Å². The largest absolute Gasteiger partial charge is 0.439 e. The topological polar surface area (TPSA) is 18.5 Å². The van der Waals surface area contributed by atoms with E-state index in [2.05, 4.69) is 52.3 Å². The van der Waals surface area contributed by atoms with Crippen molar-refractivity contribution in [3.8, 4) is 0 Å². The van der Waals surface area contributed by atoms with Crippen molar-refractivity contribution >= 4 is 33.3 Å². The van der Waals surface area contributed by atoms with Gasteiger partial charge in [-0.2, -0.15) is 0 Å². The van der Waals surface area contributed by atoms with Crippen molar-refractivity contribution < 1.29 is 8.54 Å². The van der Waals surface area contributed by atoms with Crippen LogP contribution in [0.4, 0.5) is 0 Å². The molecule has 0 aromatic rings. The SMILES string of the molecule is C=C[Si]1(O[SiH](C)C)OC(C)(C)C[Si](C)(C)[SiH2]1. The molecule has 94 valence electrons. The van der Waals surface area contributed by atoms with E-state index in [0.29, 0.717) is 0 Å². The van der Waals surface area contributed by atoms with Crippen LogP contribution in [0.5, 0.6) is 0 Å². The molecule has 1 saturated heterocycles. The molecule has 0 aromatic carbocycles. The molecule has 0 radical (unpaired) electrons. The summed E-state index contributed by atoms with van der Waals surface area (Å²) in [5, 5.41) is 0. The third-order valence-electron chi connectivity index (χ3n) is 2.82. The fraction of sp³-hybridized carbons (Fsp3) is 0.800. The van der Waals surface area contributed by atoms with Crippen molar-refractivity contribution in [2.45, 2.75) is 51.7 Å². The minimum Gasteiger partial charge on any atom is -0.439 e. The van der Waals surface area contributed by atoms with Crippen LogP contribution in [0, 0.1) is 0 Å². The van der Waals surface area contributed by atoms with Crippen molar-refractivity contribution in [3.05, 3.63) is 12.3 Å². The van der Waals surface area contributed by atoms with E-state index in [9.17, 15) is 0 Å². The fourth-order valence-corrected chi connectivity index (χ4v) is 41.5. The maximum atomic E-state index is 6.39. The molecule has 1 aliphatic heterocycles. The van der Waals surface area contributed by atoms with E-state index < -0.39 is 24.7 Å². The third kappa shape index (κ3) is 3.78. The summed E-state index contributed by atoms with van der Waals surface area (Å²) in [5.74, 6) is 0. The molecular weight excluding hydrogens is 264 g/mol. The van der Waals surface area contributed by atoms with Crippen LogP contribution >= 0.6 is 0 Å². The Labute approximate surface area is 106 Å². The van der Waals surface area contributed by atoms with E-state index in [1.165, 1.54) is 6.04 Å². The molecule has 0 saturated carbocycles. The van der Waals surface area contributed by atoms with Crippen LogP contribution < -0.4 is 0 Å². The zero-order chi connectivity index (χ0) is 12.6. The lowest BCUT2D eigenvalue weighted by atomic mass is 10.2. The van der Waals surface area contributed by atoms with E-state index in [0.717, 1.165) is 0 Å². The third-order valence-corrected chi connectivity index (χ3v) is 32.0. The smallest absolute Gasteiger partial charge is 0.321 e. The molecule has 1 unspecified atom stereocenters. The molecule has 1 rings (SSSR count). The Hall–Kier alpha value is 0.528. The summed E-state index contributed by atoms with van der Waals surface area (Å²) in [7, 11) is -4.25. The highest BCUT2D eigenvalue weighted by atomic mass is 29.6. The minimum atomic E-state index is -1.96. The Morgan fingerprint density at radius 2 is 2.00 bits per heavy atom. The summed E-state index contributed by atoms with van der Waals surface area (Å²) in [6.45, 7) is 18.0. The monoisotopic (exact) mass is 290 g/mol. The Balaban J connectivity index is 2.96. The molecule has 0 amide bonds. The quantitative estimate of drug-likeness (QED) is 0.739. The lowest BCUT2D eigenvalue weighted by molar-refractivity contribution is 0.0998. The number of rotatable bonds is 3. The molecule has 0 aliphatic carbocycles. The maximum absolute atomic E-state index is 6.39. The van der Waals surface area contributed by atoms with Gasteiger partial charge in [0.15, 0.2) is 9.04 Å². The minimum absolute atomic E-state index is 0.0185. The van der Waals surface area contributed by atoms with Crippen molar-refractivity contribution in [3.63, 3.8) is 0 Å². The summed E-state index contributed by atoms with van der Waals surface area (Å²) >= 11 is 0. The molecule has 6 heteroatoms. The van der Waals surface area contributed by atoms with Gasteiger partial charge in [-0.15, -0.1) is 6.58 Å². The van der Waals surface area contributed by atoms with Gasteiger partial charge in [-0.05, 0) is 33.0 Å². The lowest BCUT2D eigenvalue weighted by Crippen LogP contribution is -2.67. The Morgan fingerprint density at radius 1 is 1.44 bits per heavy atom. The first-order valence-electron chi connectivity index (χ1n) is 6.11. The van der Waals surface area contributed by atoms with E-state index in [4.69, 9.17) is 8.54 Å². The predicted molar refractivity (Wildman–Crippen MR) is 81.9 cm³/mol. The van der Waals surface area contributed by atoms with Crippen LogP contribution in [-0.2, 0) is 8.54 Å². The highest BCUT2D eigenvalue weighted by molar-refractivity contribution is 7.52. The molecule has 1 aliphatic rings. The zero-order valence-corrected chi connectivity index (χ0v) is 16.2. The molecule has 16 heavy (non-hydrogen) atoms. The highest BCUT2D eigenvalue weighted by Crippen LogP contribution is 2.34. The number of hydrogen-bond acceptors (Lipinski definition) is 2. The second-order valence-electron chi connectivity index (χ2n) is 6.56. The summed E-state index contributed by atoms with van der Waals surface area (Å²) < 4.78 is 12.7. The molecule has 2 nitrogen and oxygen atoms in total. The van der Waals surface area contributed by atoms with Crippen molar-refractivity contribution in [2.75, 3.05) is 0 Å². The van der Waals surface area contributed by atoms with Gasteiger partial charge in [0.2, 0.25) is 0 Å². The first kappa shape index (κ1) is 14.6. The van der Waals surface area contributed by atoms with Crippen molar-refractivity contribution in [1.82, 2.24) is 0 Å². The summed E-state index contributed by atoms with van der Waals surface area (Å²) in [6.07, 6.45) is 0. The van der Waals surface area contributed by atoms with Gasteiger partial charge in [0.25, 0.3) is 0 Å². The summed E-state index contributed by atoms with van der Waals surface area (Å²) in [6, 6.07) is 1.29. The highest BCUT2D eigenvalue weighted by Gasteiger charge is 2.51. The van der Waals surface area contributed by atoms with E-state index in [1.54, 1.807) is 0 Å². The average Bonchev–Trinajstić information content (AvgIpc) is 1.96. The second kappa shape index (κ2) is 4.66.